The first-order valence-electron chi connectivity index (χ1n) is 5.83. The Morgan fingerprint density at radius 1 is 1.53 bits per heavy atom. The second-order valence-corrected chi connectivity index (χ2v) is 4.13. The Bertz CT molecular complexity index is 349. The molecule has 1 amide bonds. The summed E-state index contributed by atoms with van der Waals surface area (Å²) in [5, 5.41) is 15.0. The minimum absolute atomic E-state index is 0.0346. The number of carbonyl (C=O) groups excluding carboxylic acids is 1. The summed E-state index contributed by atoms with van der Waals surface area (Å²) in [6.45, 7) is 4.26. The van der Waals surface area contributed by atoms with Gasteiger partial charge in [-0.2, -0.15) is 4.98 Å². The summed E-state index contributed by atoms with van der Waals surface area (Å²) in [7, 11) is 0. The van der Waals surface area contributed by atoms with Crippen molar-refractivity contribution in [2.45, 2.75) is 39.0 Å². The highest BCUT2D eigenvalue weighted by molar-refractivity contribution is 5.75. The van der Waals surface area contributed by atoms with Gasteiger partial charge in [-0.05, 0) is 6.42 Å². The van der Waals surface area contributed by atoms with Gasteiger partial charge in [-0.25, -0.2) is 0 Å². The first-order valence-corrected chi connectivity index (χ1v) is 5.83. The molecule has 2 N–H and O–H groups in total. The molecule has 0 aromatic carbocycles. The van der Waals surface area contributed by atoms with Crippen molar-refractivity contribution in [1.29, 1.82) is 0 Å². The second kappa shape index (κ2) is 7.01. The van der Waals surface area contributed by atoms with Gasteiger partial charge in [0, 0.05) is 25.3 Å². The third-order valence-electron chi connectivity index (χ3n) is 2.23. The van der Waals surface area contributed by atoms with E-state index in [0.717, 1.165) is 0 Å². The molecular weight excluding hydrogens is 222 g/mol. The van der Waals surface area contributed by atoms with E-state index in [4.69, 9.17) is 9.63 Å². The fraction of sp³-hybridized carbons (Fsp3) is 0.727. The maximum absolute atomic E-state index is 11.2. The molecule has 0 unspecified atom stereocenters. The summed E-state index contributed by atoms with van der Waals surface area (Å²) in [5.74, 6) is 1.45. The van der Waals surface area contributed by atoms with Crippen LogP contribution >= 0.6 is 0 Å². The SMILES string of the molecule is CC(C)c1noc(CCCC(=O)NCCO)n1. The number of aryl methyl sites for hydroxylation is 1. The lowest BCUT2D eigenvalue weighted by Gasteiger charge is -2.01. The van der Waals surface area contributed by atoms with Gasteiger partial charge in [0.2, 0.25) is 11.8 Å². The number of nitrogens with zero attached hydrogens (tertiary/aromatic N) is 2. The van der Waals surface area contributed by atoms with Crippen LogP contribution in [0.5, 0.6) is 0 Å². The zero-order valence-corrected chi connectivity index (χ0v) is 10.3. The highest BCUT2D eigenvalue weighted by Crippen LogP contribution is 2.10. The topological polar surface area (TPSA) is 88.2 Å². The summed E-state index contributed by atoms with van der Waals surface area (Å²) >= 11 is 0. The number of amides is 1. The van der Waals surface area contributed by atoms with E-state index in [-0.39, 0.29) is 18.4 Å². The minimum Gasteiger partial charge on any atom is -0.395 e. The van der Waals surface area contributed by atoms with E-state index < -0.39 is 0 Å². The summed E-state index contributed by atoms with van der Waals surface area (Å²) in [6, 6.07) is 0. The predicted octanol–water partition coefficient (Wildman–Crippen LogP) is 0.624. The molecule has 0 radical (unpaired) electrons. The van der Waals surface area contributed by atoms with Crippen LogP contribution in [0.3, 0.4) is 0 Å². The van der Waals surface area contributed by atoms with Crippen LogP contribution in [-0.4, -0.2) is 34.3 Å². The number of carbonyl (C=O) groups is 1. The van der Waals surface area contributed by atoms with E-state index in [0.29, 0.717) is 37.5 Å². The van der Waals surface area contributed by atoms with Crippen molar-refractivity contribution < 1.29 is 14.4 Å². The first-order chi connectivity index (χ1) is 8.13. The molecule has 1 rings (SSSR count). The van der Waals surface area contributed by atoms with E-state index in [1.54, 1.807) is 0 Å². The average Bonchev–Trinajstić information content (AvgIpc) is 2.75. The van der Waals surface area contributed by atoms with E-state index in [2.05, 4.69) is 15.5 Å². The molecule has 0 bridgehead atoms. The lowest BCUT2D eigenvalue weighted by atomic mass is 10.2. The van der Waals surface area contributed by atoms with Crippen LogP contribution in [0.25, 0.3) is 0 Å². The van der Waals surface area contributed by atoms with E-state index in [1.807, 2.05) is 13.8 Å². The number of aliphatic hydroxyl groups excluding tert-OH is 1. The molecule has 1 heterocycles. The number of aliphatic hydroxyl groups is 1. The Morgan fingerprint density at radius 3 is 2.88 bits per heavy atom. The Morgan fingerprint density at radius 2 is 2.29 bits per heavy atom. The fourth-order valence-corrected chi connectivity index (χ4v) is 1.29. The smallest absolute Gasteiger partial charge is 0.226 e. The maximum atomic E-state index is 11.2. The summed E-state index contributed by atoms with van der Waals surface area (Å²) < 4.78 is 5.06. The van der Waals surface area contributed by atoms with Gasteiger partial charge in [-0.1, -0.05) is 19.0 Å². The molecule has 6 nitrogen and oxygen atoms in total. The zero-order chi connectivity index (χ0) is 12.7. The molecule has 1 aromatic rings. The molecule has 0 atom stereocenters. The molecule has 0 aliphatic heterocycles. The lowest BCUT2D eigenvalue weighted by molar-refractivity contribution is -0.121. The number of rotatable bonds is 7. The Labute approximate surface area is 100 Å². The highest BCUT2D eigenvalue weighted by Gasteiger charge is 2.09. The van der Waals surface area contributed by atoms with Crippen LogP contribution < -0.4 is 5.32 Å². The van der Waals surface area contributed by atoms with Crippen molar-refractivity contribution in [1.82, 2.24) is 15.5 Å². The van der Waals surface area contributed by atoms with Crippen LogP contribution in [0.1, 0.15) is 44.3 Å². The molecule has 6 heteroatoms. The van der Waals surface area contributed by atoms with Crippen molar-refractivity contribution in [3.05, 3.63) is 11.7 Å². The van der Waals surface area contributed by atoms with Crippen LogP contribution in [0.2, 0.25) is 0 Å². The van der Waals surface area contributed by atoms with E-state index in [1.165, 1.54) is 0 Å². The molecule has 96 valence electrons. The molecule has 0 fully saturated rings. The number of aromatic nitrogens is 2. The molecule has 0 spiro atoms. The molecule has 1 aromatic heterocycles. The average molecular weight is 241 g/mol. The molecule has 0 aliphatic rings. The van der Waals surface area contributed by atoms with Gasteiger partial charge in [0.1, 0.15) is 0 Å². The normalized spacial score (nSPS) is 10.8. The van der Waals surface area contributed by atoms with Gasteiger partial charge in [0.25, 0.3) is 0 Å². The molecule has 0 saturated heterocycles. The van der Waals surface area contributed by atoms with Crippen molar-refractivity contribution in [2.24, 2.45) is 0 Å². The largest absolute Gasteiger partial charge is 0.395 e. The minimum atomic E-state index is -0.0670. The quantitative estimate of drug-likeness (QED) is 0.730. The third-order valence-corrected chi connectivity index (χ3v) is 2.23. The van der Waals surface area contributed by atoms with Gasteiger partial charge in [-0.15, -0.1) is 0 Å². The van der Waals surface area contributed by atoms with Gasteiger partial charge < -0.3 is 14.9 Å². The number of hydrogen-bond acceptors (Lipinski definition) is 5. The highest BCUT2D eigenvalue weighted by atomic mass is 16.5. The van der Waals surface area contributed by atoms with Crippen molar-refractivity contribution in [3.8, 4) is 0 Å². The molecule has 17 heavy (non-hydrogen) atoms. The predicted molar refractivity (Wildman–Crippen MR) is 61.4 cm³/mol. The van der Waals surface area contributed by atoms with Gasteiger partial charge in [0.05, 0.1) is 6.61 Å². The Kier molecular flexibility index (Phi) is 5.62. The number of hydrogen-bond donors (Lipinski definition) is 2. The molecular formula is C11H19N3O3. The molecule has 0 saturated carbocycles. The van der Waals surface area contributed by atoms with Crippen molar-refractivity contribution in [2.75, 3.05) is 13.2 Å². The van der Waals surface area contributed by atoms with Crippen LogP contribution in [0.15, 0.2) is 4.52 Å². The maximum Gasteiger partial charge on any atom is 0.226 e. The summed E-state index contributed by atoms with van der Waals surface area (Å²) in [4.78, 5) is 15.4. The molecule has 0 aliphatic carbocycles. The number of nitrogens with one attached hydrogen (secondary N) is 1. The van der Waals surface area contributed by atoms with Gasteiger partial charge in [-0.3, -0.25) is 4.79 Å². The standard InChI is InChI=1S/C11H19N3O3/c1-8(2)11-13-10(17-14-11)5-3-4-9(16)12-6-7-15/h8,15H,3-7H2,1-2H3,(H,12,16). The Hall–Kier alpha value is -1.43. The Balaban J connectivity index is 2.23. The summed E-state index contributed by atoms with van der Waals surface area (Å²) in [6.07, 6.45) is 1.67. The van der Waals surface area contributed by atoms with Crippen molar-refractivity contribution in [3.63, 3.8) is 0 Å². The van der Waals surface area contributed by atoms with Crippen LogP contribution in [-0.2, 0) is 11.2 Å². The van der Waals surface area contributed by atoms with Gasteiger partial charge in [0.15, 0.2) is 5.82 Å². The fourth-order valence-electron chi connectivity index (χ4n) is 1.29. The van der Waals surface area contributed by atoms with Crippen LogP contribution in [0.4, 0.5) is 0 Å². The van der Waals surface area contributed by atoms with Crippen LogP contribution in [0, 0.1) is 0 Å². The summed E-state index contributed by atoms with van der Waals surface area (Å²) in [5.41, 5.74) is 0. The second-order valence-electron chi connectivity index (χ2n) is 4.13. The van der Waals surface area contributed by atoms with Gasteiger partial charge >= 0.3 is 0 Å². The first kappa shape index (κ1) is 13.6. The zero-order valence-electron chi connectivity index (χ0n) is 10.3. The monoisotopic (exact) mass is 241 g/mol. The van der Waals surface area contributed by atoms with E-state index in [9.17, 15) is 4.79 Å². The third kappa shape index (κ3) is 4.95. The van der Waals surface area contributed by atoms with Crippen molar-refractivity contribution >= 4 is 5.91 Å². The lowest BCUT2D eigenvalue weighted by Crippen LogP contribution is -2.26. The van der Waals surface area contributed by atoms with E-state index >= 15 is 0 Å².